The van der Waals surface area contributed by atoms with E-state index in [1.807, 2.05) is 0 Å². The molecule has 0 saturated carbocycles. The molecule has 0 aliphatic carbocycles. The number of nitrogen functional groups attached to an aromatic ring is 1. The number of ether oxygens (including phenoxy) is 2. The van der Waals surface area contributed by atoms with Crippen LogP contribution in [0, 0.1) is 0 Å². The van der Waals surface area contributed by atoms with Gasteiger partial charge in [0.05, 0.1) is 23.3 Å². The predicted molar refractivity (Wildman–Crippen MR) is 119 cm³/mol. The lowest BCUT2D eigenvalue weighted by molar-refractivity contribution is 0.0241. The highest BCUT2D eigenvalue weighted by molar-refractivity contribution is 6.21. The van der Waals surface area contributed by atoms with Gasteiger partial charge >= 0.3 is 12.2 Å². The molecule has 0 spiro atoms. The van der Waals surface area contributed by atoms with Crippen LogP contribution in [0.2, 0.25) is 0 Å². The van der Waals surface area contributed by atoms with Crippen LogP contribution < -0.4 is 5.73 Å². The smallest absolute Gasteiger partial charge is 0.419 e. The first-order valence-electron chi connectivity index (χ1n) is 10.3. The number of nitrogens with zero attached hydrogens (tertiary/aromatic N) is 3. The Kier molecular flexibility index (Phi) is 4.69. The van der Waals surface area contributed by atoms with E-state index in [1.54, 1.807) is 65.9 Å². The first kappa shape index (κ1) is 21.6. The lowest BCUT2D eigenvalue weighted by atomic mass is 10.1. The Morgan fingerprint density at radius 3 is 2.25 bits per heavy atom. The topological polar surface area (TPSA) is 117 Å². The molecule has 2 aromatic heterocycles. The maximum absolute atomic E-state index is 13.3. The van der Waals surface area contributed by atoms with Crippen LogP contribution in [0.5, 0.6) is 0 Å². The first-order chi connectivity index (χ1) is 14.8. The molecule has 0 unspecified atom stereocenters. The quantitative estimate of drug-likeness (QED) is 0.551. The molecule has 9 heteroatoms. The SMILES string of the molecule is CC(C)(C)OC(=O)N1Cc2c(c3ccc4cnc(N)cc4c3n2C(=O)OC(C)(C)C)C1=O. The minimum Gasteiger partial charge on any atom is -0.443 e. The number of rotatable bonds is 0. The molecule has 3 aromatic rings. The maximum atomic E-state index is 13.3. The van der Waals surface area contributed by atoms with Crippen LogP contribution >= 0.6 is 0 Å². The fraction of sp³-hybridized carbons (Fsp3) is 0.391. The van der Waals surface area contributed by atoms with Crippen LogP contribution in [0.4, 0.5) is 15.4 Å². The van der Waals surface area contributed by atoms with Crippen molar-refractivity contribution in [3.63, 3.8) is 0 Å². The van der Waals surface area contributed by atoms with E-state index in [4.69, 9.17) is 15.2 Å². The van der Waals surface area contributed by atoms with Crippen molar-refractivity contribution in [2.75, 3.05) is 5.73 Å². The first-order valence-corrected chi connectivity index (χ1v) is 10.3. The molecule has 9 nitrogen and oxygen atoms in total. The van der Waals surface area contributed by atoms with Crippen LogP contribution in [0.1, 0.15) is 57.6 Å². The second kappa shape index (κ2) is 6.94. The Hall–Kier alpha value is -3.62. The molecule has 3 heterocycles. The van der Waals surface area contributed by atoms with Crippen molar-refractivity contribution >= 4 is 45.6 Å². The van der Waals surface area contributed by atoms with Crippen molar-refractivity contribution in [1.29, 1.82) is 0 Å². The summed E-state index contributed by atoms with van der Waals surface area (Å²) in [6.45, 7) is 10.3. The fourth-order valence-corrected chi connectivity index (χ4v) is 3.78. The Labute approximate surface area is 185 Å². The number of carbonyl (C=O) groups is 3. The van der Waals surface area contributed by atoms with E-state index >= 15 is 0 Å². The van der Waals surface area contributed by atoms with E-state index in [0.29, 0.717) is 22.0 Å². The van der Waals surface area contributed by atoms with Crippen molar-refractivity contribution in [1.82, 2.24) is 14.5 Å². The molecule has 1 aromatic carbocycles. The normalized spacial score (nSPS) is 14.2. The average molecular weight is 438 g/mol. The van der Waals surface area contributed by atoms with Gasteiger partial charge in [0.2, 0.25) is 0 Å². The Morgan fingerprint density at radius 2 is 1.62 bits per heavy atom. The zero-order valence-electron chi connectivity index (χ0n) is 19.0. The Bertz CT molecular complexity index is 1290. The van der Waals surface area contributed by atoms with E-state index in [2.05, 4.69) is 4.98 Å². The summed E-state index contributed by atoms with van der Waals surface area (Å²) < 4.78 is 12.4. The summed E-state index contributed by atoms with van der Waals surface area (Å²) in [6.07, 6.45) is 0.193. The maximum Gasteiger partial charge on any atom is 0.419 e. The van der Waals surface area contributed by atoms with Gasteiger partial charge in [-0.1, -0.05) is 12.1 Å². The van der Waals surface area contributed by atoms with Gasteiger partial charge in [0.1, 0.15) is 17.0 Å². The van der Waals surface area contributed by atoms with Crippen molar-refractivity contribution in [2.45, 2.75) is 59.3 Å². The van der Waals surface area contributed by atoms with Gasteiger partial charge in [-0.05, 0) is 47.6 Å². The molecule has 4 rings (SSSR count). The number of fused-ring (bicyclic) bond motifs is 5. The minimum absolute atomic E-state index is 0.112. The Morgan fingerprint density at radius 1 is 1.00 bits per heavy atom. The van der Waals surface area contributed by atoms with Gasteiger partial charge in [-0.2, -0.15) is 0 Å². The van der Waals surface area contributed by atoms with Crippen LogP contribution in [0.3, 0.4) is 0 Å². The number of hydrogen-bond donors (Lipinski definition) is 1. The zero-order chi connectivity index (χ0) is 23.6. The summed E-state index contributed by atoms with van der Waals surface area (Å²) >= 11 is 0. The lowest BCUT2D eigenvalue weighted by Gasteiger charge is -2.24. The molecular formula is C23H26N4O5. The average Bonchev–Trinajstić information content (AvgIpc) is 3.13. The number of anilines is 1. The van der Waals surface area contributed by atoms with Gasteiger partial charge in [0, 0.05) is 22.4 Å². The Balaban J connectivity index is 1.95. The molecule has 32 heavy (non-hydrogen) atoms. The summed E-state index contributed by atoms with van der Waals surface area (Å²) in [5.74, 6) is -0.244. The molecule has 168 valence electrons. The van der Waals surface area contributed by atoms with Crippen molar-refractivity contribution in [3.8, 4) is 0 Å². The van der Waals surface area contributed by atoms with Gasteiger partial charge in [-0.15, -0.1) is 0 Å². The van der Waals surface area contributed by atoms with Gasteiger partial charge in [-0.3, -0.25) is 4.79 Å². The van der Waals surface area contributed by atoms with E-state index in [1.165, 1.54) is 4.57 Å². The summed E-state index contributed by atoms with van der Waals surface area (Å²) in [4.78, 5) is 44.4. The zero-order valence-corrected chi connectivity index (χ0v) is 19.0. The van der Waals surface area contributed by atoms with E-state index in [-0.39, 0.29) is 17.9 Å². The molecule has 1 aliphatic rings. The van der Waals surface area contributed by atoms with Gasteiger partial charge in [0.25, 0.3) is 5.91 Å². The van der Waals surface area contributed by atoms with Gasteiger partial charge in [-0.25, -0.2) is 24.0 Å². The number of benzene rings is 1. The molecule has 0 fully saturated rings. The lowest BCUT2D eigenvalue weighted by Crippen LogP contribution is -2.37. The molecule has 0 radical (unpaired) electrons. The van der Waals surface area contributed by atoms with Crippen LogP contribution in [-0.4, -0.2) is 43.7 Å². The van der Waals surface area contributed by atoms with E-state index < -0.39 is 29.3 Å². The van der Waals surface area contributed by atoms with E-state index in [0.717, 1.165) is 10.3 Å². The number of imide groups is 1. The molecule has 2 N–H and O–H groups in total. The summed E-state index contributed by atoms with van der Waals surface area (Å²) in [5.41, 5.74) is 5.51. The predicted octanol–water partition coefficient (Wildman–Crippen LogP) is 4.45. The third-order valence-electron chi connectivity index (χ3n) is 4.90. The molecule has 0 bridgehead atoms. The molecular weight excluding hydrogens is 412 g/mol. The number of aromatic nitrogens is 2. The number of nitrogens with two attached hydrogens (primary N) is 1. The van der Waals surface area contributed by atoms with E-state index in [9.17, 15) is 14.4 Å². The molecule has 2 amide bonds. The molecule has 0 atom stereocenters. The third kappa shape index (κ3) is 3.63. The number of amides is 2. The monoisotopic (exact) mass is 438 g/mol. The van der Waals surface area contributed by atoms with Gasteiger partial charge < -0.3 is 15.2 Å². The summed E-state index contributed by atoms with van der Waals surface area (Å²) in [7, 11) is 0. The highest BCUT2D eigenvalue weighted by atomic mass is 16.6. The number of hydrogen-bond acceptors (Lipinski definition) is 7. The largest absolute Gasteiger partial charge is 0.443 e. The molecule has 0 saturated heterocycles. The summed E-state index contributed by atoms with van der Waals surface area (Å²) in [5, 5.41) is 1.94. The molecule has 1 aliphatic heterocycles. The number of carbonyl (C=O) groups excluding carboxylic acids is 3. The summed E-state index contributed by atoms with van der Waals surface area (Å²) in [6, 6.07) is 5.20. The minimum atomic E-state index is -0.770. The third-order valence-corrected chi connectivity index (χ3v) is 4.90. The van der Waals surface area contributed by atoms with Crippen LogP contribution in [0.25, 0.3) is 21.7 Å². The standard InChI is InChI=1S/C23H26N4O5/c1-22(2,3)31-20(29)26-11-15-17(19(26)28)13-8-7-12-10-25-16(24)9-14(12)18(13)27(15)21(30)32-23(4,5)6/h7-10H,11H2,1-6H3,(H2,24,25). The second-order valence-corrected chi connectivity index (χ2v) is 9.80. The van der Waals surface area contributed by atoms with Crippen LogP contribution in [0.15, 0.2) is 24.4 Å². The van der Waals surface area contributed by atoms with Crippen molar-refractivity contribution < 1.29 is 23.9 Å². The van der Waals surface area contributed by atoms with Crippen molar-refractivity contribution in [2.24, 2.45) is 0 Å². The van der Waals surface area contributed by atoms with Gasteiger partial charge in [0.15, 0.2) is 0 Å². The second-order valence-electron chi connectivity index (χ2n) is 9.80. The highest BCUT2D eigenvalue weighted by Gasteiger charge is 2.41. The number of pyridine rings is 1. The highest BCUT2D eigenvalue weighted by Crippen LogP contribution is 2.38. The van der Waals surface area contributed by atoms with Crippen molar-refractivity contribution in [3.05, 3.63) is 35.7 Å². The fourth-order valence-electron chi connectivity index (χ4n) is 3.78. The van der Waals surface area contributed by atoms with Crippen LogP contribution in [-0.2, 0) is 16.0 Å².